The lowest BCUT2D eigenvalue weighted by Gasteiger charge is -2.09. The third-order valence-corrected chi connectivity index (χ3v) is 4.34. The Balaban J connectivity index is 0.00000109. The molecule has 1 aromatic heterocycles. The molecule has 6 nitrogen and oxygen atoms in total. The second kappa shape index (κ2) is 8.71. The van der Waals surface area contributed by atoms with E-state index in [2.05, 4.69) is 15.3 Å². The van der Waals surface area contributed by atoms with E-state index in [4.69, 9.17) is 21.1 Å². The van der Waals surface area contributed by atoms with Gasteiger partial charge in [0.15, 0.2) is 17.3 Å². The first kappa shape index (κ1) is 19.6. The number of carbonyl (C=O) groups excluding carboxylic acids is 1. The van der Waals surface area contributed by atoms with Crippen LogP contribution < -0.4 is 14.8 Å². The number of halogens is 1. The van der Waals surface area contributed by atoms with Gasteiger partial charge in [0.1, 0.15) is 0 Å². The number of amides is 1. The lowest BCUT2D eigenvalue weighted by Crippen LogP contribution is -2.13. The Morgan fingerprint density at radius 2 is 1.79 bits per heavy atom. The van der Waals surface area contributed by atoms with Gasteiger partial charge in [0.2, 0.25) is 6.79 Å². The molecule has 28 heavy (non-hydrogen) atoms. The number of aryl methyl sites for hydroxylation is 1. The first-order chi connectivity index (χ1) is 13.6. The molecule has 3 aromatic rings. The Hall–Kier alpha value is -3.12. The van der Waals surface area contributed by atoms with Gasteiger partial charge in [-0.15, -0.1) is 0 Å². The van der Waals surface area contributed by atoms with Crippen molar-refractivity contribution in [2.24, 2.45) is 0 Å². The van der Waals surface area contributed by atoms with E-state index in [0.717, 1.165) is 16.9 Å². The average Bonchev–Trinajstić information content (AvgIpc) is 3.17. The summed E-state index contributed by atoms with van der Waals surface area (Å²) < 4.78 is 10.8. The largest absolute Gasteiger partial charge is 0.454 e. The van der Waals surface area contributed by atoms with E-state index < -0.39 is 0 Å². The predicted octanol–water partition coefficient (Wildman–Crippen LogP) is 5.11. The summed E-state index contributed by atoms with van der Waals surface area (Å²) in [6.45, 7) is 6.18. The molecule has 0 spiro atoms. The molecular formula is C21H20ClN3O3. The van der Waals surface area contributed by atoms with Gasteiger partial charge in [-0.25, -0.2) is 4.98 Å². The summed E-state index contributed by atoms with van der Waals surface area (Å²) in [7, 11) is 0. The van der Waals surface area contributed by atoms with Crippen molar-refractivity contribution < 1.29 is 14.3 Å². The van der Waals surface area contributed by atoms with Gasteiger partial charge in [0.25, 0.3) is 5.91 Å². The average molecular weight is 398 g/mol. The maximum absolute atomic E-state index is 12.3. The second-order valence-corrected chi connectivity index (χ2v) is 6.15. The normalized spacial score (nSPS) is 11.4. The van der Waals surface area contributed by atoms with Crippen LogP contribution in [0.4, 0.5) is 5.82 Å². The van der Waals surface area contributed by atoms with Crippen molar-refractivity contribution in [1.82, 2.24) is 9.97 Å². The third kappa shape index (κ3) is 4.07. The summed E-state index contributed by atoms with van der Waals surface area (Å²) in [5.74, 6) is 1.42. The van der Waals surface area contributed by atoms with Crippen molar-refractivity contribution in [1.29, 1.82) is 0 Å². The van der Waals surface area contributed by atoms with E-state index in [9.17, 15) is 4.79 Å². The summed E-state index contributed by atoms with van der Waals surface area (Å²) in [4.78, 5) is 21.0. The van der Waals surface area contributed by atoms with Crippen LogP contribution in [0.25, 0.3) is 11.3 Å². The van der Waals surface area contributed by atoms with Crippen LogP contribution in [-0.2, 0) is 0 Å². The third-order valence-electron chi connectivity index (χ3n) is 4.01. The molecule has 7 heteroatoms. The highest BCUT2D eigenvalue weighted by atomic mass is 35.5. The van der Waals surface area contributed by atoms with E-state index in [1.807, 2.05) is 32.9 Å². The molecule has 0 aliphatic carbocycles. The molecule has 0 fully saturated rings. The van der Waals surface area contributed by atoms with Crippen LogP contribution >= 0.6 is 11.6 Å². The van der Waals surface area contributed by atoms with E-state index in [1.165, 1.54) is 6.20 Å². The number of carbonyl (C=O) groups is 1. The van der Waals surface area contributed by atoms with Crippen LogP contribution in [0, 0.1) is 6.92 Å². The minimum Gasteiger partial charge on any atom is -0.454 e. The molecule has 1 N–H and O–H groups in total. The molecule has 2 aromatic carbocycles. The number of benzene rings is 2. The highest BCUT2D eigenvalue weighted by Gasteiger charge is 2.17. The van der Waals surface area contributed by atoms with E-state index in [1.54, 1.807) is 30.5 Å². The van der Waals surface area contributed by atoms with Crippen molar-refractivity contribution in [3.8, 4) is 22.8 Å². The minimum absolute atomic E-state index is 0.219. The lowest BCUT2D eigenvalue weighted by molar-refractivity contribution is 0.102. The SMILES string of the molecule is CC.Cc1cc2c(cc1-c1cnc(NC(=O)c3ccccc3Cl)cn1)OCO2. The molecule has 4 rings (SSSR count). The lowest BCUT2D eigenvalue weighted by atomic mass is 10.1. The van der Waals surface area contributed by atoms with Gasteiger partial charge in [-0.3, -0.25) is 9.78 Å². The number of fused-ring (bicyclic) bond motifs is 1. The Morgan fingerprint density at radius 3 is 2.46 bits per heavy atom. The van der Waals surface area contributed by atoms with Crippen LogP contribution in [0.1, 0.15) is 29.8 Å². The van der Waals surface area contributed by atoms with Gasteiger partial charge >= 0.3 is 0 Å². The van der Waals surface area contributed by atoms with Crippen molar-refractivity contribution in [2.75, 3.05) is 12.1 Å². The molecule has 1 aliphatic heterocycles. The molecule has 0 bridgehead atoms. The molecular weight excluding hydrogens is 378 g/mol. The first-order valence-corrected chi connectivity index (χ1v) is 9.28. The molecule has 1 amide bonds. The van der Waals surface area contributed by atoms with Crippen LogP contribution in [0.5, 0.6) is 11.5 Å². The van der Waals surface area contributed by atoms with Gasteiger partial charge in [0, 0.05) is 5.56 Å². The summed E-state index contributed by atoms with van der Waals surface area (Å²) in [6, 6.07) is 10.6. The fourth-order valence-corrected chi connectivity index (χ4v) is 2.90. The van der Waals surface area contributed by atoms with Crippen molar-refractivity contribution in [2.45, 2.75) is 20.8 Å². The van der Waals surface area contributed by atoms with Crippen LogP contribution in [0.15, 0.2) is 48.8 Å². The van der Waals surface area contributed by atoms with Gasteiger partial charge in [-0.1, -0.05) is 37.6 Å². The van der Waals surface area contributed by atoms with Crippen LogP contribution in [0.2, 0.25) is 5.02 Å². The molecule has 0 saturated carbocycles. The van der Waals surface area contributed by atoms with E-state index in [-0.39, 0.29) is 12.7 Å². The van der Waals surface area contributed by atoms with Gasteiger partial charge in [-0.05, 0) is 36.8 Å². The van der Waals surface area contributed by atoms with Crippen LogP contribution in [0.3, 0.4) is 0 Å². The Bertz CT molecular complexity index is 991. The topological polar surface area (TPSA) is 73.3 Å². The maximum Gasteiger partial charge on any atom is 0.258 e. The fourth-order valence-electron chi connectivity index (χ4n) is 2.68. The number of hydrogen-bond donors (Lipinski definition) is 1. The molecule has 1 aliphatic rings. The quantitative estimate of drug-likeness (QED) is 0.664. The zero-order valence-corrected chi connectivity index (χ0v) is 16.6. The van der Waals surface area contributed by atoms with Crippen molar-refractivity contribution in [3.05, 3.63) is 64.9 Å². The Kier molecular flexibility index (Phi) is 6.11. The van der Waals surface area contributed by atoms with Crippen molar-refractivity contribution >= 4 is 23.3 Å². The van der Waals surface area contributed by atoms with E-state index in [0.29, 0.717) is 27.8 Å². The number of anilines is 1. The van der Waals surface area contributed by atoms with Crippen LogP contribution in [-0.4, -0.2) is 22.7 Å². The van der Waals surface area contributed by atoms with Gasteiger partial charge in [0.05, 0.1) is 28.7 Å². The monoisotopic (exact) mass is 397 g/mol. The predicted molar refractivity (Wildman–Crippen MR) is 109 cm³/mol. The zero-order chi connectivity index (χ0) is 20.1. The summed E-state index contributed by atoms with van der Waals surface area (Å²) in [6.07, 6.45) is 3.11. The smallest absolute Gasteiger partial charge is 0.258 e. The molecule has 0 radical (unpaired) electrons. The highest BCUT2D eigenvalue weighted by molar-refractivity contribution is 6.34. The summed E-state index contributed by atoms with van der Waals surface area (Å²) in [5.41, 5.74) is 2.95. The Morgan fingerprint density at radius 1 is 1.07 bits per heavy atom. The highest BCUT2D eigenvalue weighted by Crippen LogP contribution is 2.37. The molecule has 0 unspecified atom stereocenters. The van der Waals surface area contributed by atoms with Gasteiger partial charge < -0.3 is 14.8 Å². The van der Waals surface area contributed by atoms with E-state index >= 15 is 0 Å². The fraction of sp³-hybridized carbons (Fsp3) is 0.190. The molecule has 2 heterocycles. The molecule has 0 saturated heterocycles. The van der Waals surface area contributed by atoms with Crippen molar-refractivity contribution in [3.63, 3.8) is 0 Å². The Labute approximate surface area is 168 Å². The molecule has 144 valence electrons. The second-order valence-electron chi connectivity index (χ2n) is 5.74. The summed E-state index contributed by atoms with van der Waals surface area (Å²) in [5, 5.41) is 3.07. The maximum atomic E-state index is 12.3. The number of ether oxygens (including phenoxy) is 2. The number of nitrogens with one attached hydrogen (secondary N) is 1. The first-order valence-electron chi connectivity index (χ1n) is 8.90. The number of nitrogens with zero attached hydrogens (tertiary/aromatic N) is 2. The summed E-state index contributed by atoms with van der Waals surface area (Å²) >= 11 is 6.04. The zero-order valence-electron chi connectivity index (χ0n) is 15.8. The number of rotatable bonds is 3. The number of hydrogen-bond acceptors (Lipinski definition) is 5. The molecule has 0 atom stereocenters. The standard InChI is InChI=1S/C19H14ClN3O3.C2H6/c1-11-6-16-17(26-10-25-16)7-13(11)15-8-22-18(9-21-15)23-19(24)12-4-2-3-5-14(12)20;1-2/h2-9H,10H2,1H3,(H,22,23,24);1-2H3. The minimum atomic E-state index is -0.336. The van der Waals surface area contributed by atoms with Gasteiger partial charge in [-0.2, -0.15) is 0 Å². The number of aromatic nitrogens is 2.